The lowest BCUT2D eigenvalue weighted by atomic mass is 9.81. The van der Waals surface area contributed by atoms with Gasteiger partial charge in [0.2, 0.25) is 5.95 Å². The fraction of sp³-hybridized carbons (Fsp3) is 0.688. The molecular weight excluding hydrogens is 234 g/mol. The van der Waals surface area contributed by atoms with Gasteiger partial charge in [0, 0.05) is 19.3 Å². The van der Waals surface area contributed by atoms with Crippen molar-refractivity contribution in [2.75, 3.05) is 11.9 Å². The molecule has 3 nitrogen and oxygen atoms in total. The predicted molar refractivity (Wildman–Crippen MR) is 81.4 cm³/mol. The number of aromatic nitrogens is 2. The molecule has 0 aromatic carbocycles. The highest BCUT2D eigenvalue weighted by Gasteiger charge is 2.20. The quantitative estimate of drug-likeness (QED) is 0.784. The Morgan fingerprint density at radius 2 is 2.05 bits per heavy atom. The number of nitrogens with one attached hydrogen (secondary N) is 1. The summed E-state index contributed by atoms with van der Waals surface area (Å²) in [6.45, 7) is 10.0. The molecule has 1 aromatic rings. The molecule has 0 spiro atoms. The van der Waals surface area contributed by atoms with E-state index in [-0.39, 0.29) is 0 Å². The number of hydrogen-bond donors (Lipinski definition) is 1. The Morgan fingerprint density at radius 3 is 2.68 bits per heavy atom. The Morgan fingerprint density at radius 1 is 1.37 bits per heavy atom. The first-order valence-corrected chi connectivity index (χ1v) is 7.61. The van der Waals surface area contributed by atoms with Crippen LogP contribution in [-0.4, -0.2) is 16.1 Å². The van der Waals surface area contributed by atoms with E-state index in [1.165, 1.54) is 32.1 Å². The van der Waals surface area contributed by atoms with Gasteiger partial charge in [-0.1, -0.05) is 32.3 Å². The third-order valence-electron chi connectivity index (χ3n) is 4.32. The van der Waals surface area contributed by atoms with Gasteiger partial charge in [-0.05, 0) is 31.6 Å². The lowest BCUT2D eigenvalue weighted by Gasteiger charge is -2.28. The molecule has 1 fully saturated rings. The predicted octanol–water partition coefficient (Wildman–Crippen LogP) is 4.01. The van der Waals surface area contributed by atoms with Gasteiger partial charge in [-0.25, -0.2) is 4.98 Å². The van der Waals surface area contributed by atoms with Crippen LogP contribution in [0.3, 0.4) is 0 Å². The molecule has 3 heteroatoms. The highest BCUT2D eigenvalue weighted by atomic mass is 15.2. The number of allylic oxidation sites excluding steroid dienone is 1. The lowest BCUT2D eigenvalue weighted by molar-refractivity contribution is 0.278. The maximum Gasteiger partial charge on any atom is 0.203 e. The zero-order valence-corrected chi connectivity index (χ0v) is 12.4. The SMILES string of the molecule is C=CCn1cc(C)nc1NCC1CCC(CC)CC1. The third-order valence-corrected chi connectivity index (χ3v) is 4.32. The van der Waals surface area contributed by atoms with Gasteiger partial charge in [-0.15, -0.1) is 6.58 Å². The van der Waals surface area contributed by atoms with Gasteiger partial charge < -0.3 is 9.88 Å². The summed E-state index contributed by atoms with van der Waals surface area (Å²) in [7, 11) is 0. The van der Waals surface area contributed by atoms with Crippen LogP contribution in [0.15, 0.2) is 18.9 Å². The van der Waals surface area contributed by atoms with E-state index in [2.05, 4.69) is 34.6 Å². The van der Waals surface area contributed by atoms with E-state index < -0.39 is 0 Å². The molecule has 19 heavy (non-hydrogen) atoms. The van der Waals surface area contributed by atoms with Gasteiger partial charge in [0.05, 0.1) is 5.69 Å². The van der Waals surface area contributed by atoms with Crippen LogP contribution in [-0.2, 0) is 6.54 Å². The van der Waals surface area contributed by atoms with E-state index in [1.807, 2.05) is 13.0 Å². The molecular formula is C16H27N3. The first-order valence-electron chi connectivity index (χ1n) is 7.61. The van der Waals surface area contributed by atoms with Crippen molar-refractivity contribution in [1.29, 1.82) is 0 Å². The number of hydrogen-bond acceptors (Lipinski definition) is 2. The van der Waals surface area contributed by atoms with E-state index in [0.717, 1.165) is 36.6 Å². The summed E-state index contributed by atoms with van der Waals surface area (Å²) >= 11 is 0. The van der Waals surface area contributed by atoms with E-state index >= 15 is 0 Å². The smallest absolute Gasteiger partial charge is 0.203 e. The summed E-state index contributed by atoms with van der Waals surface area (Å²) < 4.78 is 2.14. The minimum atomic E-state index is 0.817. The fourth-order valence-electron chi connectivity index (χ4n) is 3.05. The van der Waals surface area contributed by atoms with Crippen LogP contribution in [0, 0.1) is 18.8 Å². The van der Waals surface area contributed by atoms with Crippen molar-refractivity contribution in [1.82, 2.24) is 9.55 Å². The van der Waals surface area contributed by atoms with Crippen LogP contribution in [0.5, 0.6) is 0 Å². The molecule has 106 valence electrons. The number of anilines is 1. The van der Waals surface area contributed by atoms with Crippen molar-refractivity contribution < 1.29 is 0 Å². The molecule has 1 aromatic heterocycles. The molecule has 0 unspecified atom stereocenters. The summed E-state index contributed by atoms with van der Waals surface area (Å²) in [5.74, 6) is 2.79. The van der Waals surface area contributed by atoms with Gasteiger partial charge in [-0.2, -0.15) is 0 Å². The fourth-order valence-corrected chi connectivity index (χ4v) is 3.05. The maximum atomic E-state index is 4.55. The van der Waals surface area contributed by atoms with Crippen LogP contribution in [0.2, 0.25) is 0 Å². The molecule has 2 rings (SSSR count). The lowest BCUT2D eigenvalue weighted by Crippen LogP contribution is -2.22. The molecule has 0 aliphatic heterocycles. The molecule has 1 aliphatic carbocycles. The maximum absolute atomic E-state index is 4.55. The highest BCUT2D eigenvalue weighted by molar-refractivity contribution is 5.29. The highest BCUT2D eigenvalue weighted by Crippen LogP contribution is 2.30. The van der Waals surface area contributed by atoms with Crippen molar-refractivity contribution in [3.63, 3.8) is 0 Å². The summed E-state index contributed by atoms with van der Waals surface area (Å²) in [5, 5.41) is 3.53. The van der Waals surface area contributed by atoms with Crippen LogP contribution >= 0.6 is 0 Å². The molecule has 0 saturated heterocycles. The van der Waals surface area contributed by atoms with Crippen LogP contribution in [0.4, 0.5) is 5.95 Å². The Balaban J connectivity index is 1.83. The zero-order chi connectivity index (χ0) is 13.7. The molecule has 1 heterocycles. The molecule has 0 amide bonds. The number of nitrogens with zero attached hydrogens (tertiary/aromatic N) is 2. The molecule has 0 atom stereocenters. The number of rotatable bonds is 6. The molecule has 1 N–H and O–H groups in total. The van der Waals surface area contributed by atoms with E-state index in [9.17, 15) is 0 Å². The Bertz CT molecular complexity index is 400. The Kier molecular flexibility index (Phi) is 5.06. The third kappa shape index (κ3) is 3.85. The van der Waals surface area contributed by atoms with Gasteiger partial charge >= 0.3 is 0 Å². The van der Waals surface area contributed by atoms with Crippen molar-refractivity contribution in [2.45, 2.75) is 52.5 Å². The van der Waals surface area contributed by atoms with Gasteiger partial charge in [0.1, 0.15) is 0 Å². The average molecular weight is 261 g/mol. The van der Waals surface area contributed by atoms with Crippen molar-refractivity contribution in [3.05, 3.63) is 24.5 Å². The Hall–Kier alpha value is -1.25. The summed E-state index contributed by atoms with van der Waals surface area (Å²) in [6, 6.07) is 0. The monoisotopic (exact) mass is 261 g/mol. The minimum absolute atomic E-state index is 0.817. The minimum Gasteiger partial charge on any atom is -0.355 e. The van der Waals surface area contributed by atoms with Crippen molar-refractivity contribution in [3.8, 4) is 0 Å². The standard InChI is InChI=1S/C16H27N3/c1-4-10-19-12-13(3)18-16(19)17-11-15-8-6-14(5-2)7-9-15/h4,12,14-15H,1,5-11H2,2-3H3,(H,17,18). The Labute approximate surface area is 117 Å². The second kappa shape index (κ2) is 6.78. The molecule has 0 radical (unpaired) electrons. The summed E-state index contributed by atoms with van der Waals surface area (Å²) in [6.07, 6.45) is 10.9. The van der Waals surface area contributed by atoms with Crippen molar-refractivity contribution in [2.24, 2.45) is 11.8 Å². The van der Waals surface area contributed by atoms with Crippen LogP contribution < -0.4 is 5.32 Å². The number of aryl methyl sites for hydroxylation is 1. The number of imidazole rings is 1. The van der Waals surface area contributed by atoms with Gasteiger partial charge in [0.15, 0.2) is 0 Å². The van der Waals surface area contributed by atoms with E-state index in [4.69, 9.17) is 0 Å². The van der Waals surface area contributed by atoms with Crippen LogP contribution in [0.1, 0.15) is 44.7 Å². The normalized spacial score (nSPS) is 23.3. The first-order chi connectivity index (χ1) is 9.22. The second-order valence-electron chi connectivity index (χ2n) is 5.82. The first kappa shape index (κ1) is 14.2. The second-order valence-corrected chi connectivity index (χ2v) is 5.82. The van der Waals surface area contributed by atoms with Gasteiger partial charge in [-0.3, -0.25) is 0 Å². The topological polar surface area (TPSA) is 29.9 Å². The summed E-state index contributed by atoms with van der Waals surface area (Å²) in [4.78, 5) is 4.55. The summed E-state index contributed by atoms with van der Waals surface area (Å²) in [5.41, 5.74) is 1.07. The van der Waals surface area contributed by atoms with Crippen molar-refractivity contribution >= 4 is 5.95 Å². The molecule has 1 saturated carbocycles. The molecule has 0 bridgehead atoms. The zero-order valence-electron chi connectivity index (χ0n) is 12.4. The van der Waals surface area contributed by atoms with E-state index in [0.29, 0.717) is 0 Å². The average Bonchev–Trinajstić information content (AvgIpc) is 2.78. The van der Waals surface area contributed by atoms with Crippen LogP contribution in [0.25, 0.3) is 0 Å². The van der Waals surface area contributed by atoms with Gasteiger partial charge in [0.25, 0.3) is 0 Å². The molecule has 1 aliphatic rings. The largest absolute Gasteiger partial charge is 0.355 e. The van der Waals surface area contributed by atoms with E-state index in [1.54, 1.807) is 0 Å².